The molecule has 2 aliphatic heterocycles. The average Bonchev–Trinajstić information content (AvgIpc) is 3.19. The van der Waals surface area contributed by atoms with Crippen molar-refractivity contribution < 1.29 is 19.1 Å². The zero-order valence-corrected chi connectivity index (χ0v) is 17.0. The lowest BCUT2D eigenvalue weighted by molar-refractivity contribution is -0.141. The summed E-state index contributed by atoms with van der Waals surface area (Å²) in [5, 5.41) is 0. The van der Waals surface area contributed by atoms with Gasteiger partial charge in [0.2, 0.25) is 0 Å². The van der Waals surface area contributed by atoms with Crippen molar-refractivity contribution >= 4 is 11.9 Å². The number of ether oxygens (including phenoxy) is 2. The molecule has 0 unspecified atom stereocenters. The molecule has 6 rings (SSSR count). The van der Waals surface area contributed by atoms with E-state index in [-0.39, 0.29) is 29.4 Å². The number of hydrogen-bond acceptors (Lipinski definition) is 4. The highest BCUT2D eigenvalue weighted by atomic mass is 16.6. The lowest BCUT2D eigenvalue weighted by Crippen LogP contribution is -2.54. The smallest absolute Gasteiger partial charge is 0.340 e. The van der Waals surface area contributed by atoms with Crippen LogP contribution in [0.2, 0.25) is 0 Å². The maximum atomic E-state index is 13.0. The maximum absolute atomic E-state index is 13.0. The number of hydrogen-bond donors (Lipinski definition) is 0. The molecule has 0 N–H and O–H groups in total. The molecule has 6 aliphatic rings. The normalized spacial score (nSPS) is 39.5. The van der Waals surface area contributed by atoms with E-state index >= 15 is 0 Å². The average molecular weight is 383 g/mol. The van der Waals surface area contributed by atoms with Crippen LogP contribution in [0.1, 0.15) is 71.6 Å². The lowest BCUT2D eigenvalue weighted by atomic mass is 9.45. The molecule has 4 nitrogen and oxygen atoms in total. The number of carbonyl (C=O) groups excluding carboxylic acids is 2. The SMILES string of the molecule is CCC/C=C1\OC(=O)C2=C1CC[C@H]1[C@H]3C=C4C(=O)O[C@H](CCCC)[C@@]4(CC3)[C@@H]21. The van der Waals surface area contributed by atoms with E-state index in [1.54, 1.807) is 0 Å². The number of allylic oxidation sites excluding steroid dienone is 3. The van der Waals surface area contributed by atoms with E-state index in [9.17, 15) is 9.59 Å². The Bertz CT molecular complexity index is 816. The first kappa shape index (κ1) is 18.2. The van der Waals surface area contributed by atoms with Crippen molar-refractivity contribution in [2.45, 2.75) is 77.7 Å². The van der Waals surface area contributed by atoms with Gasteiger partial charge in [0.25, 0.3) is 0 Å². The predicted molar refractivity (Wildman–Crippen MR) is 105 cm³/mol. The number of fused-ring (bicyclic) bond motifs is 1. The Morgan fingerprint density at radius 1 is 1.18 bits per heavy atom. The van der Waals surface area contributed by atoms with Gasteiger partial charge >= 0.3 is 11.9 Å². The molecule has 1 spiro atoms. The minimum Gasteiger partial charge on any atom is -0.458 e. The first-order chi connectivity index (χ1) is 13.6. The fraction of sp³-hybridized carbons (Fsp3) is 0.667. The summed E-state index contributed by atoms with van der Waals surface area (Å²) in [6.45, 7) is 4.31. The number of rotatable bonds is 5. The molecule has 0 radical (unpaired) electrons. The third kappa shape index (κ3) is 2.29. The summed E-state index contributed by atoms with van der Waals surface area (Å²) in [6.07, 6.45) is 13.3. The van der Waals surface area contributed by atoms with Gasteiger partial charge in [0.15, 0.2) is 0 Å². The molecule has 4 heteroatoms. The van der Waals surface area contributed by atoms with Crippen LogP contribution in [0.5, 0.6) is 0 Å². The molecule has 1 saturated heterocycles. The fourth-order valence-electron chi connectivity index (χ4n) is 6.73. The van der Waals surface area contributed by atoms with E-state index < -0.39 is 0 Å². The van der Waals surface area contributed by atoms with Crippen molar-refractivity contribution in [3.63, 3.8) is 0 Å². The van der Waals surface area contributed by atoms with Crippen molar-refractivity contribution in [2.75, 3.05) is 0 Å². The molecule has 2 fully saturated rings. The molecule has 4 aliphatic carbocycles. The molecule has 1 saturated carbocycles. The Kier molecular flexibility index (Phi) is 4.29. The highest BCUT2D eigenvalue weighted by molar-refractivity contribution is 5.98. The van der Waals surface area contributed by atoms with Gasteiger partial charge in [0.05, 0.1) is 0 Å². The molecule has 0 aromatic rings. The second kappa shape index (κ2) is 6.60. The monoisotopic (exact) mass is 382 g/mol. The van der Waals surface area contributed by atoms with Crippen molar-refractivity contribution in [3.8, 4) is 0 Å². The zero-order valence-electron chi connectivity index (χ0n) is 17.0. The highest BCUT2D eigenvalue weighted by Gasteiger charge is 2.67. The van der Waals surface area contributed by atoms with Crippen molar-refractivity contribution in [1.29, 1.82) is 0 Å². The first-order valence-corrected chi connectivity index (χ1v) is 11.2. The highest BCUT2D eigenvalue weighted by Crippen LogP contribution is 2.67. The quantitative estimate of drug-likeness (QED) is 0.628. The molecular formula is C24H30O4. The third-order valence-corrected chi connectivity index (χ3v) is 7.87. The van der Waals surface area contributed by atoms with Gasteiger partial charge in [0.1, 0.15) is 11.9 Å². The molecular weight excluding hydrogens is 352 g/mol. The summed E-state index contributed by atoms with van der Waals surface area (Å²) in [6, 6.07) is 0. The van der Waals surface area contributed by atoms with Gasteiger partial charge < -0.3 is 9.47 Å². The van der Waals surface area contributed by atoms with E-state index in [4.69, 9.17) is 9.47 Å². The standard InChI is InChI=1S/C24H30O4/c1-3-5-7-18-16-10-9-15-14-11-12-24(21(15)20(16)23(26)27-18)17(13-14)22(25)28-19(24)8-6-4-2/h7,13-15,19,21H,3-6,8-12H2,1-2H3/b18-7-/t14-,15+,19-,21-,24+/m1/s1. The van der Waals surface area contributed by atoms with Gasteiger partial charge in [-0.2, -0.15) is 0 Å². The summed E-state index contributed by atoms with van der Waals surface area (Å²) in [5.41, 5.74) is 2.56. The first-order valence-electron chi connectivity index (χ1n) is 11.2. The van der Waals surface area contributed by atoms with Crippen LogP contribution < -0.4 is 0 Å². The summed E-state index contributed by atoms with van der Waals surface area (Å²) in [4.78, 5) is 25.8. The molecule has 0 amide bonds. The molecule has 0 aromatic carbocycles. The van der Waals surface area contributed by atoms with E-state index in [2.05, 4.69) is 26.0 Å². The fourth-order valence-corrected chi connectivity index (χ4v) is 6.73. The van der Waals surface area contributed by atoms with Gasteiger partial charge in [-0.15, -0.1) is 0 Å². The van der Waals surface area contributed by atoms with E-state index in [0.29, 0.717) is 11.8 Å². The largest absolute Gasteiger partial charge is 0.458 e. The second-order valence-corrected chi connectivity index (χ2v) is 9.18. The minimum atomic E-state index is -0.314. The van der Waals surface area contributed by atoms with Crippen LogP contribution in [-0.4, -0.2) is 18.0 Å². The molecule has 2 bridgehead atoms. The van der Waals surface area contributed by atoms with Crippen LogP contribution in [0.3, 0.4) is 0 Å². The van der Waals surface area contributed by atoms with E-state index in [0.717, 1.165) is 80.3 Å². The number of carbonyl (C=O) groups is 2. The second-order valence-electron chi connectivity index (χ2n) is 9.18. The molecule has 28 heavy (non-hydrogen) atoms. The topological polar surface area (TPSA) is 52.6 Å². The van der Waals surface area contributed by atoms with Gasteiger partial charge in [-0.1, -0.05) is 39.2 Å². The van der Waals surface area contributed by atoms with Crippen LogP contribution in [0.15, 0.2) is 34.6 Å². The summed E-state index contributed by atoms with van der Waals surface area (Å²) >= 11 is 0. The molecule has 150 valence electrons. The van der Waals surface area contributed by atoms with Gasteiger partial charge in [0, 0.05) is 28.1 Å². The Hall–Kier alpha value is -1.84. The van der Waals surface area contributed by atoms with Gasteiger partial charge in [-0.25, -0.2) is 9.59 Å². The van der Waals surface area contributed by atoms with Crippen molar-refractivity contribution in [3.05, 3.63) is 34.6 Å². The van der Waals surface area contributed by atoms with Gasteiger partial charge in [-0.05, 0) is 56.4 Å². The molecule has 0 aromatic heterocycles. The van der Waals surface area contributed by atoms with Crippen molar-refractivity contribution in [1.82, 2.24) is 0 Å². The van der Waals surface area contributed by atoms with Crippen LogP contribution in [0, 0.1) is 23.2 Å². The number of cyclic esters (lactones) is 2. The van der Waals surface area contributed by atoms with Crippen molar-refractivity contribution in [2.24, 2.45) is 23.2 Å². The van der Waals surface area contributed by atoms with E-state index in [1.165, 1.54) is 0 Å². The Labute approximate surface area is 167 Å². The minimum absolute atomic E-state index is 0.0864. The maximum Gasteiger partial charge on any atom is 0.340 e. The van der Waals surface area contributed by atoms with Crippen LogP contribution in [0.25, 0.3) is 0 Å². The zero-order chi connectivity index (χ0) is 19.5. The van der Waals surface area contributed by atoms with E-state index in [1.807, 2.05) is 0 Å². The Morgan fingerprint density at radius 3 is 2.82 bits per heavy atom. The van der Waals surface area contributed by atoms with Crippen LogP contribution in [0.4, 0.5) is 0 Å². The summed E-state index contributed by atoms with van der Waals surface area (Å²) in [7, 11) is 0. The summed E-state index contributed by atoms with van der Waals surface area (Å²) in [5.74, 6) is 1.41. The number of esters is 2. The third-order valence-electron chi connectivity index (χ3n) is 7.87. The van der Waals surface area contributed by atoms with Crippen LogP contribution >= 0.6 is 0 Å². The van der Waals surface area contributed by atoms with Crippen LogP contribution in [-0.2, 0) is 19.1 Å². The number of unbranched alkanes of at least 4 members (excludes halogenated alkanes) is 2. The molecule has 2 heterocycles. The molecule has 5 atom stereocenters. The summed E-state index contributed by atoms with van der Waals surface area (Å²) < 4.78 is 11.7. The predicted octanol–water partition coefficient (Wildman–Crippen LogP) is 5.00. The van der Waals surface area contributed by atoms with Gasteiger partial charge in [-0.3, -0.25) is 0 Å². The Balaban J connectivity index is 1.63. The lowest BCUT2D eigenvalue weighted by Gasteiger charge is -2.55. The Morgan fingerprint density at radius 2 is 2.04 bits per heavy atom.